The predicted molar refractivity (Wildman–Crippen MR) is 65.6 cm³/mol. The van der Waals surface area contributed by atoms with Crippen LogP contribution >= 0.6 is 0 Å². The van der Waals surface area contributed by atoms with Crippen LogP contribution in [-0.2, 0) is 0 Å². The van der Waals surface area contributed by atoms with Gasteiger partial charge in [-0.15, -0.1) is 0 Å². The second-order valence-electron chi connectivity index (χ2n) is 4.04. The molecule has 4 nitrogen and oxygen atoms in total. The van der Waals surface area contributed by atoms with Gasteiger partial charge in [-0.2, -0.15) is 5.11 Å². The topological polar surface area (TPSA) is 40.9 Å². The van der Waals surface area contributed by atoms with Gasteiger partial charge in [0, 0.05) is 12.4 Å². The van der Waals surface area contributed by atoms with E-state index in [2.05, 4.69) is 15.3 Å². The van der Waals surface area contributed by atoms with Crippen molar-refractivity contribution >= 4 is 5.69 Å². The van der Waals surface area contributed by atoms with Crippen LogP contribution in [0.4, 0.5) is 10.1 Å². The summed E-state index contributed by atoms with van der Waals surface area (Å²) in [6.45, 7) is 0.558. The van der Waals surface area contributed by atoms with Crippen molar-refractivity contribution in [2.45, 2.75) is 6.04 Å². The van der Waals surface area contributed by atoms with Crippen molar-refractivity contribution in [3.8, 4) is 0 Å². The van der Waals surface area contributed by atoms with Crippen LogP contribution < -0.4 is 5.01 Å². The summed E-state index contributed by atoms with van der Waals surface area (Å²) < 4.78 is 13.2. The average molecular weight is 242 g/mol. The van der Waals surface area contributed by atoms with Crippen molar-refractivity contribution in [2.75, 3.05) is 11.6 Å². The Labute approximate surface area is 104 Å². The van der Waals surface area contributed by atoms with Gasteiger partial charge in [-0.1, -0.05) is 17.4 Å². The molecule has 0 spiro atoms. The van der Waals surface area contributed by atoms with E-state index in [4.69, 9.17) is 0 Å². The van der Waals surface area contributed by atoms with E-state index in [1.807, 2.05) is 18.2 Å². The molecule has 90 valence electrons. The Hall–Kier alpha value is -2.30. The minimum absolute atomic E-state index is 0.0134. The van der Waals surface area contributed by atoms with Crippen LogP contribution in [0, 0.1) is 5.82 Å². The Morgan fingerprint density at radius 2 is 2.17 bits per heavy atom. The quantitative estimate of drug-likeness (QED) is 0.811. The van der Waals surface area contributed by atoms with Gasteiger partial charge >= 0.3 is 0 Å². The molecule has 1 aromatic carbocycles. The van der Waals surface area contributed by atoms with Crippen molar-refractivity contribution < 1.29 is 4.39 Å². The Kier molecular flexibility index (Phi) is 2.72. The lowest BCUT2D eigenvalue weighted by atomic mass is 10.1. The lowest BCUT2D eigenvalue weighted by molar-refractivity contribution is 0.625. The highest BCUT2D eigenvalue weighted by atomic mass is 19.1. The normalized spacial score (nSPS) is 18.3. The first-order chi connectivity index (χ1) is 8.84. The van der Waals surface area contributed by atoms with E-state index in [1.54, 1.807) is 23.5 Å². The van der Waals surface area contributed by atoms with Crippen LogP contribution in [0.3, 0.4) is 0 Å². The number of rotatable bonds is 2. The molecule has 0 radical (unpaired) electrons. The van der Waals surface area contributed by atoms with Gasteiger partial charge in [-0.05, 0) is 29.8 Å². The van der Waals surface area contributed by atoms with Gasteiger partial charge in [0.15, 0.2) is 0 Å². The number of anilines is 1. The maximum Gasteiger partial charge on any atom is 0.125 e. The van der Waals surface area contributed by atoms with E-state index in [0.717, 1.165) is 5.56 Å². The number of aromatic nitrogens is 1. The molecule has 0 saturated carbocycles. The number of nitrogens with zero attached hydrogens (tertiary/aromatic N) is 4. The van der Waals surface area contributed by atoms with Crippen LogP contribution in [0.2, 0.25) is 0 Å². The fraction of sp³-hybridized carbons (Fsp3) is 0.154. The summed E-state index contributed by atoms with van der Waals surface area (Å²) in [4.78, 5) is 4.09. The van der Waals surface area contributed by atoms with Crippen molar-refractivity contribution in [3.05, 3.63) is 60.2 Å². The third kappa shape index (κ3) is 1.95. The monoisotopic (exact) mass is 242 g/mol. The summed E-state index contributed by atoms with van der Waals surface area (Å²) in [6, 6.07) is 10.2. The summed E-state index contributed by atoms with van der Waals surface area (Å²) in [6.07, 6.45) is 3.51. The second kappa shape index (κ2) is 4.52. The molecule has 0 amide bonds. The molecule has 0 bridgehead atoms. The van der Waals surface area contributed by atoms with Gasteiger partial charge in [-0.25, -0.2) is 9.40 Å². The molecule has 5 heteroatoms. The van der Waals surface area contributed by atoms with E-state index in [9.17, 15) is 4.39 Å². The van der Waals surface area contributed by atoms with E-state index >= 15 is 0 Å². The Morgan fingerprint density at radius 1 is 1.22 bits per heavy atom. The van der Waals surface area contributed by atoms with Crippen molar-refractivity contribution in [1.82, 2.24) is 4.98 Å². The molecule has 1 aliphatic rings. The second-order valence-corrected chi connectivity index (χ2v) is 4.04. The van der Waals surface area contributed by atoms with Crippen molar-refractivity contribution in [3.63, 3.8) is 0 Å². The molecule has 18 heavy (non-hydrogen) atoms. The number of halogens is 1. The average Bonchev–Trinajstić information content (AvgIpc) is 2.89. The van der Waals surface area contributed by atoms with Crippen molar-refractivity contribution in [1.29, 1.82) is 0 Å². The number of benzene rings is 1. The zero-order valence-electron chi connectivity index (χ0n) is 9.57. The molecule has 0 aliphatic carbocycles. The first-order valence-electron chi connectivity index (χ1n) is 5.67. The highest BCUT2D eigenvalue weighted by Gasteiger charge is 2.25. The van der Waals surface area contributed by atoms with Crippen LogP contribution in [0.5, 0.6) is 0 Å². The summed E-state index contributed by atoms with van der Waals surface area (Å²) >= 11 is 0. The van der Waals surface area contributed by atoms with Crippen LogP contribution in [0.1, 0.15) is 11.6 Å². The Morgan fingerprint density at radius 3 is 2.94 bits per heavy atom. The van der Waals surface area contributed by atoms with Crippen molar-refractivity contribution in [2.24, 2.45) is 10.3 Å². The smallest absolute Gasteiger partial charge is 0.125 e. The first-order valence-corrected chi connectivity index (χ1v) is 5.67. The predicted octanol–water partition coefficient (Wildman–Crippen LogP) is 3.15. The van der Waals surface area contributed by atoms with Gasteiger partial charge in [0.1, 0.15) is 11.9 Å². The van der Waals surface area contributed by atoms with Gasteiger partial charge in [0.2, 0.25) is 0 Å². The Balaban J connectivity index is 1.94. The number of pyridine rings is 1. The summed E-state index contributed by atoms with van der Waals surface area (Å²) in [5, 5.41) is 9.82. The highest BCUT2D eigenvalue weighted by Crippen LogP contribution is 2.31. The van der Waals surface area contributed by atoms with Gasteiger partial charge in [-0.3, -0.25) is 4.98 Å². The van der Waals surface area contributed by atoms with Gasteiger partial charge in [0.05, 0.1) is 12.2 Å². The minimum atomic E-state index is -0.278. The molecule has 3 rings (SSSR count). The summed E-state index contributed by atoms with van der Waals surface area (Å²) in [7, 11) is 0. The van der Waals surface area contributed by atoms with E-state index in [-0.39, 0.29) is 11.9 Å². The molecular formula is C13H11FN4. The molecule has 2 heterocycles. The van der Waals surface area contributed by atoms with Gasteiger partial charge < -0.3 is 0 Å². The maximum atomic E-state index is 13.2. The zero-order valence-corrected chi connectivity index (χ0v) is 9.57. The molecule has 1 unspecified atom stereocenters. The molecule has 1 aromatic heterocycles. The number of hydrogen-bond acceptors (Lipinski definition) is 4. The van der Waals surface area contributed by atoms with E-state index < -0.39 is 0 Å². The fourth-order valence-corrected chi connectivity index (χ4v) is 1.99. The van der Waals surface area contributed by atoms with Crippen LogP contribution in [-0.4, -0.2) is 11.5 Å². The van der Waals surface area contributed by atoms with Crippen LogP contribution in [0.15, 0.2) is 59.1 Å². The first kappa shape index (κ1) is 10.8. The molecular weight excluding hydrogens is 231 g/mol. The number of hydrogen-bond donors (Lipinski definition) is 0. The van der Waals surface area contributed by atoms with Crippen LogP contribution in [0.25, 0.3) is 0 Å². The lowest BCUT2D eigenvalue weighted by Crippen LogP contribution is -2.20. The fourth-order valence-electron chi connectivity index (χ4n) is 1.99. The molecule has 0 N–H and O–H groups in total. The standard InChI is InChI=1S/C13H11FN4/c14-11-4-1-5-12(7-11)18-13(9-16-17-18)10-3-2-6-15-8-10/h1-8,13H,9H2. The maximum absolute atomic E-state index is 13.2. The van der Waals surface area contributed by atoms with E-state index in [1.165, 1.54) is 12.1 Å². The largest absolute Gasteiger partial charge is 0.264 e. The third-order valence-electron chi connectivity index (χ3n) is 2.85. The minimum Gasteiger partial charge on any atom is -0.264 e. The van der Waals surface area contributed by atoms with E-state index in [0.29, 0.717) is 12.2 Å². The summed E-state index contributed by atoms with van der Waals surface area (Å²) in [5.41, 5.74) is 1.72. The zero-order chi connectivity index (χ0) is 12.4. The molecule has 2 aromatic rings. The molecule has 1 atom stereocenters. The highest BCUT2D eigenvalue weighted by molar-refractivity contribution is 5.48. The molecule has 1 aliphatic heterocycles. The summed E-state index contributed by atoms with van der Waals surface area (Å²) in [5.74, 6) is -0.278. The van der Waals surface area contributed by atoms with Gasteiger partial charge in [0.25, 0.3) is 0 Å². The molecule has 0 fully saturated rings. The third-order valence-corrected chi connectivity index (χ3v) is 2.85. The SMILES string of the molecule is Fc1cccc(N2N=NCC2c2cccnc2)c1. The molecule has 0 saturated heterocycles. The Bertz CT molecular complexity index is 570. The lowest BCUT2D eigenvalue weighted by Gasteiger charge is -2.21.